The molecule has 0 aliphatic carbocycles. The van der Waals surface area contributed by atoms with Crippen LogP contribution in [0.3, 0.4) is 0 Å². The van der Waals surface area contributed by atoms with E-state index in [1.54, 1.807) is 18.6 Å². The van der Waals surface area contributed by atoms with Crippen LogP contribution in [0.2, 0.25) is 0 Å². The summed E-state index contributed by atoms with van der Waals surface area (Å²) in [6, 6.07) is 7.94. The van der Waals surface area contributed by atoms with Gasteiger partial charge in [0, 0.05) is 23.5 Å². The molecule has 0 bridgehead atoms. The van der Waals surface area contributed by atoms with Gasteiger partial charge in [-0.05, 0) is 5.56 Å². The second-order valence-corrected chi connectivity index (χ2v) is 3.68. The first kappa shape index (κ1) is 9.65. The lowest BCUT2D eigenvalue weighted by Gasteiger charge is -2.05. The summed E-state index contributed by atoms with van der Waals surface area (Å²) in [4.78, 5) is 7.35. The molecule has 0 saturated carbocycles. The van der Waals surface area contributed by atoms with Crippen LogP contribution < -0.4 is 5.73 Å². The predicted molar refractivity (Wildman–Crippen MR) is 66.0 cm³/mol. The summed E-state index contributed by atoms with van der Waals surface area (Å²) in [6.07, 6.45) is 5.24. The van der Waals surface area contributed by atoms with E-state index in [1.807, 2.05) is 24.3 Å². The lowest BCUT2D eigenvalue weighted by molar-refractivity contribution is 1.10. The normalized spacial score (nSPS) is 10.6. The number of aromatic amines is 2. The summed E-state index contributed by atoms with van der Waals surface area (Å²) < 4.78 is 0. The number of nitrogens with one attached hydrogen (secondary N) is 2. The summed E-state index contributed by atoms with van der Waals surface area (Å²) >= 11 is 0. The monoisotopic (exact) mass is 225 g/mol. The fourth-order valence-electron chi connectivity index (χ4n) is 1.85. The number of nitrogens with two attached hydrogens (primary N) is 1. The van der Waals surface area contributed by atoms with Crippen molar-refractivity contribution in [1.29, 1.82) is 0 Å². The van der Waals surface area contributed by atoms with Gasteiger partial charge >= 0.3 is 0 Å². The van der Waals surface area contributed by atoms with Crippen molar-refractivity contribution in [2.24, 2.45) is 0 Å². The van der Waals surface area contributed by atoms with Gasteiger partial charge in [-0.1, -0.05) is 24.3 Å². The first-order valence-corrected chi connectivity index (χ1v) is 5.24. The molecule has 84 valence electrons. The quantitative estimate of drug-likeness (QED) is 0.624. The Morgan fingerprint density at radius 1 is 1.06 bits per heavy atom. The summed E-state index contributed by atoms with van der Waals surface area (Å²) in [5.41, 5.74) is 8.75. The third-order valence-electron chi connectivity index (χ3n) is 2.64. The maximum atomic E-state index is 5.85. The Balaban J connectivity index is 2.22. The molecule has 0 atom stereocenters. The third-order valence-corrected chi connectivity index (χ3v) is 2.64. The highest BCUT2D eigenvalue weighted by molar-refractivity contribution is 5.85. The number of nitrogen functional groups attached to an aromatic ring is 1. The van der Waals surface area contributed by atoms with Crippen LogP contribution in [0.1, 0.15) is 0 Å². The molecule has 4 N–H and O–H groups in total. The van der Waals surface area contributed by atoms with Gasteiger partial charge in [-0.15, -0.1) is 0 Å². The van der Waals surface area contributed by atoms with Gasteiger partial charge in [-0.25, -0.2) is 4.98 Å². The molecule has 0 fully saturated rings. The van der Waals surface area contributed by atoms with Gasteiger partial charge in [0.2, 0.25) is 0 Å². The SMILES string of the molecule is Nc1[nH]ncc1-c1ccccc1-c1ncc[nH]1. The third kappa shape index (κ3) is 1.57. The molecule has 17 heavy (non-hydrogen) atoms. The maximum absolute atomic E-state index is 5.85. The van der Waals surface area contributed by atoms with Crippen LogP contribution in [0.4, 0.5) is 5.82 Å². The van der Waals surface area contributed by atoms with Gasteiger partial charge in [-0.2, -0.15) is 5.10 Å². The van der Waals surface area contributed by atoms with E-state index in [4.69, 9.17) is 5.73 Å². The van der Waals surface area contributed by atoms with Crippen LogP contribution >= 0.6 is 0 Å². The van der Waals surface area contributed by atoms with E-state index >= 15 is 0 Å². The van der Waals surface area contributed by atoms with E-state index in [1.165, 1.54) is 0 Å². The molecule has 0 aliphatic rings. The van der Waals surface area contributed by atoms with Gasteiger partial charge in [0.1, 0.15) is 11.6 Å². The van der Waals surface area contributed by atoms with Crippen molar-refractivity contribution in [2.45, 2.75) is 0 Å². The number of benzene rings is 1. The van der Waals surface area contributed by atoms with E-state index < -0.39 is 0 Å². The molecule has 1 aromatic carbocycles. The topological polar surface area (TPSA) is 83.4 Å². The molecule has 5 nitrogen and oxygen atoms in total. The zero-order valence-corrected chi connectivity index (χ0v) is 9.01. The first-order valence-electron chi connectivity index (χ1n) is 5.24. The van der Waals surface area contributed by atoms with Crippen molar-refractivity contribution in [1.82, 2.24) is 20.2 Å². The minimum atomic E-state index is 0.559. The molecule has 2 aromatic heterocycles. The largest absolute Gasteiger partial charge is 0.384 e. The van der Waals surface area contributed by atoms with Crippen LogP contribution in [0, 0.1) is 0 Å². The Kier molecular flexibility index (Phi) is 2.15. The second-order valence-electron chi connectivity index (χ2n) is 3.68. The Bertz CT molecular complexity index is 624. The zero-order valence-electron chi connectivity index (χ0n) is 9.01. The summed E-state index contributed by atoms with van der Waals surface area (Å²) in [7, 11) is 0. The number of rotatable bonds is 2. The number of anilines is 1. The minimum absolute atomic E-state index is 0.559. The highest BCUT2D eigenvalue weighted by Crippen LogP contribution is 2.32. The van der Waals surface area contributed by atoms with Gasteiger partial charge in [0.05, 0.1) is 6.20 Å². The van der Waals surface area contributed by atoms with Gasteiger partial charge in [0.25, 0.3) is 0 Å². The van der Waals surface area contributed by atoms with Crippen LogP contribution in [0.25, 0.3) is 22.5 Å². The summed E-state index contributed by atoms with van der Waals surface area (Å²) in [5.74, 6) is 1.38. The second kappa shape index (κ2) is 3.79. The molecule has 0 radical (unpaired) electrons. The van der Waals surface area contributed by atoms with E-state index in [2.05, 4.69) is 20.2 Å². The molecule has 2 heterocycles. The molecule has 3 aromatic rings. The van der Waals surface area contributed by atoms with E-state index in [0.29, 0.717) is 5.82 Å². The zero-order chi connectivity index (χ0) is 11.7. The fraction of sp³-hybridized carbons (Fsp3) is 0. The Morgan fingerprint density at radius 3 is 2.53 bits per heavy atom. The highest BCUT2D eigenvalue weighted by atomic mass is 15.1. The smallest absolute Gasteiger partial charge is 0.137 e. The molecular formula is C12H11N5. The lowest BCUT2D eigenvalue weighted by atomic mass is 10.0. The molecule has 0 unspecified atom stereocenters. The van der Waals surface area contributed by atoms with E-state index in [-0.39, 0.29) is 0 Å². The van der Waals surface area contributed by atoms with Gasteiger partial charge in [0.15, 0.2) is 0 Å². The number of nitrogens with zero attached hydrogens (tertiary/aromatic N) is 2. The molecule has 0 saturated heterocycles. The number of imidazole rings is 1. The lowest BCUT2D eigenvalue weighted by Crippen LogP contribution is -1.90. The molecule has 0 spiro atoms. The molecule has 0 aliphatic heterocycles. The average molecular weight is 225 g/mol. The van der Waals surface area contributed by atoms with Crippen molar-refractivity contribution in [2.75, 3.05) is 5.73 Å². The molecule has 5 heteroatoms. The number of aromatic nitrogens is 4. The Labute approximate surface area is 97.7 Å². The number of H-pyrrole nitrogens is 2. The Morgan fingerprint density at radius 2 is 1.88 bits per heavy atom. The number of hydrogen-bond donors (Lipinski definition) is 3. The standard InChI is InChI=1S/C12H11N5/c13-11-10(7-16-17-11)8-3-1-2-4-9(8)12-14-5-6-15-12/h1-7H,(H,14,15)(H3,13,16,17). The van der Waals surface area contributed by atoms with Crippen LogP contribution in [0.15, 0.2) is 42.9 Å². The highest BCUT2D eigenvalue weighted by Gasteiger charge is 2.11. The van der Waals surface area contributed by atoms with Crippen LogP contribution in [0.5, 0.6) is 0 Å². The maximum Gasteiger partial charge on any atom is 0.137 e. The van der Waals surface area contributed by atoms with E-state index in [9.17, 15) is 0 Å². The molecule has 3 rings (SSSR count). The Hall–Kier alpha value is -2.56. The minimum Gasteiger partial charge on any atom is -0.384 e. The average Bonchev–Trinajstić information content (AvgIpc) is 3.00. The molecule has 0 amide bonds. The van der Waals surface area contributed by atoms with Gasteiger partial charge < -0.3 is 10.7 Å². The van der Waals surface area contributed by atoms with Crippen molar-refractivity contribution < 1.29 is 0 Å². The number of hydrogen-bond acceptors (Lipinski definition) is 3. The fourth-order valence-corrected chi connectivity index (χ4v) is 1.85. The summed E-state index contributed by atoms with van der Waals surface area (Å²) in [5, 5.41) is 6.68. The van der Waals surface area contributed by atoms with Crippen LogP contribution in [-0.2, 0) is 0 Å². The van der Waals surface area contributed by atoms with Crippen LogP contribution in [-0.4, -0.2) is 20.2 Å². The van der Waals surface area contributed by atoms with E-state index in [0.717, 1.165) is 22.5 Å². The molecular weight excluding hydrogens is 214 g/mol. The van der Waals surface area contributed by atoms with Crippen molar-refractivity contribution in [3.05, 3.63) is 42.9 Å². The van der Waals surface area contributed by atoms with Crippen molar-refractivity contribution in [3.63, 3.8) is 0 Å². The van der Waals surface area contributed by atoms with Crippen molar-refractivity contribution >= 4 is 5.82 Å². The van der Waals surface area contributed by atoms with Crippen molar-refractivity contribution in [3.8, 4) is 22.5 Å². The van der Waals surface area contributed by atoms with Gasteiger partial charge in [-0.3, -0.25) is 5.10 Å². The summed E-state index contributed by atoms with van der Waals surface area (Å²) in [6.45, 7) is 0. The predicted octanol–water partition coefficient (Wildman–Crippen LogP) is 2.05. The first-order chi connectivity index (χ1) is 8.36.